The standard InChI is InChI=1S/C23H24FN3O2/c24-18-5-3-16(4-6-18)2-1-10-26-23(28)22-14-19(17-8-12-29-13-9-17)20-15-25-11-7-21(20)27-22/h3-7,11,14-15,17H,1-2,8-10,12-13H2,(H,26,28). The monoisotopic (exact) mass is 393 g/mol. The number of nitrogens with one attached hydrogen (secondary N) is 1. The minimum absolute atomic E-state index is 0.170. The summed E-state index contributed by atoms with van der Waals surface area (Å²) in [6.07, 6.45) is 6.97. The van der Waals surface area contributed by atoms with Crippen LogP contribution >= 0.6 is 0 Å². The van der Waals surface area contributed by atoms with Gasteiger partial charge in [0.25, 0.3) is 5.91 Å². The maximum atomic E-state index is 13.0. The number of aryl methyl sites for hydroxylation is 1. The fourth-order valence-electron chi connectivity index (χ4n) is 3.79. The second kappa shape index (κ2) is 9.09. The Morgan fingerprint density at radius 2 is 1.97 bits per heavy atom. The summed E-state index contributed by atoms with van der Waals surface area (Å²) in [5.74, 6) is -0.0560. The van der Waals surface area contributed by atoms with Crippen molar-refractivity contribution in [3.63, 3.8) is 0 Å². The number of pyridine rings is 2. The first-order valence-corrected chi connectivity index (χ1v) is 10.1. The SMILES string of the molecule is O=C(NCCCc1ccc(F)cc1)c1cc(C2CCOCC2)c2cnccc2n1. The lowest BCUT2D eigenvalue weighted by Crippen LogP contribution is -2.26. The van der Waals surface area contributed by atoms with Crippen LogP contribution in [-0.4, -0.2) is 35.6 Å². The third-order valence-corrected chi connectivity index (χ3v) is 5.38. The molecule has 0 saturated carbocycles. The minimum Gasteiger partial charge on any atom is -0.381 e. The summed E-state index contributed by atoms with van der Waals surface area (Å²) < 4.78 is 18.5. The van der Waals surface area contributed by atoms with Crippen LogP contribution in [0.1, 0.15) is 46.8 Å². The van der Waals surface area contributed by atoms with Gasteiger partial charge >= 0.3 is 0 Å². The number of hydrogen-bond donors (Lipinski definition) is 1. The molecule has 0 aliphatic carbocycles. The highest BCUT2D eigenvalue weighted by Gasteiger charge is 2.21. The molecule has 1 saturated heterocycles. The van der Waals surface area contributed by atoms with Crippen LogP contribution in [0.4, 0.5) is 4.39 Å². The number of hydrogen-bond acceptors (Lipinski definition) is 4. The van der Waals surface area contributed by atoms with Crippen LogP contribution < -0.4 is 5.32 Å². The molecule has 1 fully saturated rings. The summed E-state index contributed by atoms with van der Waals surface area (Å²) in [5, 5.41) is 3.97. The van der Waals surface area contributed by atoms with E-state index in [1.54, 1.807) is 18.3 Å². The summed E-state index contributed by atoms with van der Waals surface area (Å²) >= 11 is 0. The minimum atomic E-state index is -0.236. The summed E-state index contributed by atoms with van der Waals surface area (Å²) in [4.78, 5) is 21.5. The summed E-state index contributed by atoms with van der Waals surface area (Å²) in [6.45, 7) is 2.01. The average molecular weight is 393 g/mol. The van der Waals surface area contributed by atoms with E-state index in [9.17, 15) is 9.18 Å². The van der Waals surface area contributed by atoms with Gasteiger partial charge in [0.05, 0.1) is 5.52 Å². The van der Waals surface area contributed by atoms with Crippen molar-refractivity contribution in [2.24, 2.45) is 0 Å². The van der Waals surface area contributed by atoms with Crippen LogP contribution in [0.2, 0.25) is 0 Å². The zero-order valence-corrected chi connectivity index (χ0v) is 16.2. The van der Waals surface area contributed by atoms with Gasteiger partial charge < -0.3 is 10.1 Å². The molecule has 4 rings (SSSR count). The van der Waals surface area contributed by atoms with Gasteiger partial charge in [0, 0.05) is 37.5 Å². The third-order valence-electron chi connectivity index (χ3n) is 5.38. The molecule has 3 aromatic rings. The van der Waals surface area contributed by atoms with E-state index in [2.05, 4.69) is 15.3 Å². The molecule has 1 aliphatic rings. The number of aromatic nitrogens is 2. The molecule has 0 spiro atoms. The highest BCUT2D eigenvalue weighted by atomic mass is 19.1. The normalized spacial score (nSPS) is 14.8. The molecule has 0 atom stereocenters. The number of carbonyl (C=O) groups excluding carboxylic acids is 1. The van der Waals surface area contributed by atoms with Gasteiger partial charge in [0.1, 0.15) is 11.5 Å². The number of benzene rings is 1. The Morgan fingerprint density at radius 3 is 2.76 bits per heavy atom. The zero-order chi connectivity index (χ0) is 20.1. The van der Waals surface area contributed by atoms with Crippen LogP contribution in [0.25, 0.3) is 10.9 Å². The van der Waals surface area contributed by atoms with Gasteiger partial charge in [0.15, 0.2) is 0 Å². The Morgan fingerprint density at radius 1 is 1.17 bits per heavy atom. The first kappa shape index (κ1) is 19.5. The molecule has 2 aromatic heterocycles. The van der Waals surface area contributed by atoms with Gasteiger partial charge in [-0.2, -0.15) is 0 Å². The van der Waals surface area contributed by atoms with E-state index in [1.807, 2.05) is 18.3 Å². The number of fused-ring (bicyclic) bond motifs is 1. The summed E-state index contributed by atoms with van der Waals surface area (Å²) in [7, 11) is 0. The fourth-order valence-corrected chi connectivity index (χ4v) is 3.79. The highest BCUT2D eigenvalue weighted by molar-refractivity contribution is 5.96. The van der Waals surface area contributed by atoms with E-state index in [1.165, 1.54) is 12.1 Å². The molecule has 1 amide bonds. The third kappa shape index (κ3) is 4.77. The number of amides is 1. The van der Waals surface area contributed by atoms with Crippen molar-refractivity contribution in [2.75, 3.05) is 19.8 Å². The molecule has 3 heterocycles. The van der Waals surface area contributed by atoms with Crippen molar-refractivity contribution < 1.29 is 13.9 Å². The maximum absolute atomic E-state index is 13.0. The number of rotatable bonds is 6. The Labute approximate surface area is 169 Å². The number of carbonyl (C=O) groups is 1. The smallest absolute Gasteiger partial charge is 0.269 e. The van der Waals surface area contributed by atoms with E-state index >= 15 is 0 Å². The first-order valence-electron chi connectivity index (χ1n) is 10.1. The van der Waals surface area contributed by atoms with E-state index in [4.69, 9.17) is 4.74 Å². The molecule has 1 N–H and O–H groups in total. The van der Waals surface area contributed by atoms with Crippen molar-refractivity contribution in [1.29, 1.82) is 0 Å². The molecule has 150 valence electrons. The molecule has 0 radical (unpaired) electrons. The topological polar surface area (TPSA) is 64.1 Å². The average Bonchev–Trinajstić information content (AvgIpc) is 2.77. The second-order valence-electron chi connectivity index (χ2n) is 7.36. The number of nitrogens with zero attached hydrogens (tertiary/aromatic N) is 2. The molecule has 1 aliphatic heterocycles. The highest BCUT2D eigenvalue weighted by Crippen LogP contribution is 2.32. The lowest BCUT2D eigenvalue weighted by atomic mass is 9.89. The van der Waals surface area contributed by atoms with E-state index in [0.717, 1.165) is 60.9 Å². The predicted octanol–water partition coefficient (Wildman–Crippen LogP) is 4.03. The molecule has 1 aromatic carbocycles. The summed E-state index contributed by atoms with van der Waals surface area (Å²) in [6, 6.07) is 10.2. The molecule has 0 bridgehead atoms. The molecule has 29 heavy (non-hydrogen) atoms. The van der Waals surface area contributed by atoms with Crippen LogP contribution in [0.15, 0.2) is 48.8 Å². The lowest BCUT2D eigenvalue weighted by molar-refractivity contribution is 0.0855. The van der Waals surface area contributed by atoms with Crippen molar-refractivity contribution >= 4 is 16.8 Å². The van der Waals surface area contributed by atoms with Crippen molar-refractivity contribution in [3.8, 4) is 0 Å². The number of halogens is 1. The zero-order valence-electron chi connectivity index (χ0n) is 16.2. The van der Waals surface area contributed by atoms with Crippen LogP contribution in [0, 0.1) is 5.82 Å². The molecular formula is C23H24FN3O2. The van der Waals surface area contributed by atoms with Gasteiger partial charge in [0.2, 0.25) is 0 Å². The first-order chi connectivity index (χ1) is 14.2. The van der Waals surface area contributed by atoms with Crippen LogP contribution in [0.5, 0.6) is 0 Å². The largest absolute Gasteiger partial charge is 0.381 e. The van der Waals surface area contributed by atoms with Gasteiger partial charge in [-0.15, -0.1) is 0 Å². The molecule has 0 unspecified atom stereocenters. The van der Waals surface area contributed by atoms with Crippen LogP contribution in [-0.2, 0) is 11.2 Å². The van der Waals surface area contributed by atoms with Crippen LogP contribution in [0.3, 0.4) is 0 Å². The van der Waals surface area contributed by atoms with E-state index < -0.39 is 0 Å². The van der Waals surface area contributed by atoms with Gasteiger partial charge in [-0.05, 0) is 67.0 Å². The van der Waals surface area contributed by atoms with Crippen molar-refractivity contribution in [3.05, 3.63) is 71.4 Å². The Balaban J connectivity index is 1.44. The van der Waals surface area contributed by atoms with Gasteiger partial charge in [-0.3, -0.25) is 9.78 Å². The van der Waals surface area contributed by atoms with Gasteiger partial charge in [-0.25, -0.2) is 9.37 Å². The lowest BCUT2D eigenvalue weighted by Gasteiger charge is -2.24. The molecular weight excluding hydrogens is 369 g/mol. The fraction of sp³-hybridized carbons (Fsp3) is 0.348. The Kier molecular flexibility index (Phi) is 6.10. The second-order valence-corrected chi connectivity index (χ2v) is 7.36. The van der Waals surface area contributed by atoms with Crippen molar-refractivity contribution in [1.82, 2.24) is 15.3 Å². The molecule has 6 heteroatoms. The Bertz CT molecular complexity index is 985. The molecule has 5 nitrogen and oxygen atoms in total. The predicted molar refractivity (Wildman–Crippen MR) is 109 cm³/mol. The summed E-state index contributed by atoms with van der Waals surface area (Å²) in [5.41, 5.74) is 3.41. The van der Waals surface area contributed by atoms with Crippen molar-refractivity contribution in [2.45, 2.75) is 31.6 Å². The Hall–Kier alpha value is -2.86. The van der Waals surface area contributed by atoms with Gasteiger partial charge in [-0.1, -0.05) is 12.1 Å². The van der Waals surface area contributed by atoms with E-state index in [-0.39, 0.29) is 11.7 Å². The quantitative estimate of drug-likeness (QED) is 0.643. The van der Waals surface area contributed by atoms with E-state index in [0.29, 0.717) is 18.2 Å². The maximum Gasteiger partial charge on any atom is 0.269 e. The number of ether oxygens (including phenoxy) is 1.